The van der Waals surface area contributed by atoms with E-state index in [9.17, 15) is 20.4 Å². The summed E-state index contributed by atoms with van der Waals surface area (Å²) in [6.07, 6.45) is -14.9. The highest BCUT2D eigenvalue weighted by Crippen LogP contribution is 2.51. The maximum absolute atomic E-state index is 10.1. The molecule has 3 saturated heterocycles. The van der Waals surface area contributed by atoms with Gasteiger partial charge in [-0.25, -0.2) is 0 Å². The van der Waals surface area contributed by atoms with Crippen molar-refractivity contribution in [3.63, 3.8) is 0 Å². The Labute approximate surface area is 162 Å². The Kier molecular flexibility index (Phi) is 6.72. The molecule has 3 aliphatic rings. The number of aliphatic hydroxyl groups is 4. The Bertz CT molecular complexity index is 579. The Hall–Kier alpha value is 1.03. The van der Waals surface area contributed by atoms with Crippen LogP contribution in [0.5, 0.6) is 0 Å². The number of rotatable bonds is 0. The first-order valence-corrected chi connectivity index (χ1v) is 14.0. The summed E-state index contributed by atoms with van der Waals surface area (Å²) in [5.74, 6) is 0. The minimum atomic E-state index is -2.88. The van der Waals surface area contributed by atoms with Crippen molar-refractivity contribution in [2.75, 3.05) is 13.2 Å². The lowest BCUT2D eigenvalue weighted by Crippen LogP contribution is -2.39. The Balaban J connectivity index is 1.85. The van der Waals surface area contributed by atoms with E-state index in [-0.39, 0.29) is 13.2 Å². The first-order chi connectivity index (χ1) is 12.0. The molecule has 0 saturated carbocycles. The summed E-state index contributed by atoms with van der Waals surface area (Å²) < 4.78 is 33.3. The van der Waals surface area contributed by atoms with E-state index in [0.717, 1.165) is 0 Å². The summed E-state index contributed by atoms with van der Waals surface area (Å²) in [6.45, 7) is -0.252. The van der Waals surface area contributed by atoms with Crippen molar-refractivity contribution in [3.05, 3.63) is 0 Å². The summed E-state index contributed by atoms with van der Waals surface area (Å²) in [6, 6.07) is 0. The monoisotopic (exact) mass is 448 g/mol. The van der Waals surface area contributed by atoms with Crippen molar-refractivity contribution >= 4 is 51.5 Å². The largest absolute Gasteiger partial charge is 0.385 e. The van der Waals surface area contributed by atoms with Crippen molar-refractivity contribution in [1.82, 2.24) is 0 Å². The van der Waals surface area contributed by atoms with Gasteiger partial charge in [-0.2, -0.15) is 0 Å². The standard InChI is InChI=1S/C10H20B2O10P2S2/c11-23(25)17-1-3-7(5(13)9(15)19-3)21-24(12,26)18-2-4-8(22-23)6(14)10(16)20-4/h3-10,13-16H,1-2,11-12H2. The molecule has 10 unspecified atom stereocenters. The van der Waals surface area contributed by atoms with Crippen molar-refractivity contribution in [2.24, 2.45) is 0 Å². The summed E-state index contributed by atoms with van der Waals surface area (Å²) in [5.41, 5.74) is 0. The molecule has 3 aliphatic heterocycles. The van der Waals surface area contributed by atoms with E-state index in [4.69, 9.17) is 51.2 Å². The fourth-order valence-corrected chi connectivity index (χ4v) is 6.21. The third kappa shape index (κ3) is 4.77. The molecule has 0 aromatic heterocycles. The first kappa shape index (κ1) is 21.7. The maximum Gasteiger partial charge on any atom is 0.214 e. The quantitative estimate of drug-likeness (QED) is 0.218. The van der Waals surface area contributed by atoms with E-state index in [1.54, 1.807) is 15.1 Å². The average Bonchev–Trinajstić information content (AvgIpc) is 2.95. The molecule has 3 rings (SSSR count). The predicted octanol–water partition coefficient (Wildman–Crippen LogP) is -3.32. The second-order valence-corrected chi connectivity index (χ2v) is 14.4. The fraction of sp³-hybridized carbons (Fsp3) is 1.00. The van der Waals surface area contributed by atoms with E-state index >= 15 is 0 Å². The lowest BCUT2D eigenvalue weighted by atomic mass is 10.1. The zero-order chi connectivity index (χ0) is 19.3. The van der Waals surface area contributed by atoms with Crippen LogP contribution >= 0.6 is 12.7 Å². The molecule has 3 fully saturated rings. The van der Waals surface area contributed by atoms with Crippen LogP contribution in [0.4, 0.5) is 0 Å². The number of ether oxygens (including phenoxy) is 2. The van der Waals surface area contributed by atoms with Crippen LogP contribution < -0.4 is 0 Å². The van der Waals surface area contributed by atoms with Crippen molar-refractivity contribution in [2.45, 2.75) is 49.2 Å². The Morgan fingerprint density at radius 3 is 1.42 bits per heavy atom. The molecule has 10 nitrogen and oxygen atoms in total. The van der Waals surface area contributed by atoms with Gasteiger partial charge in [-0.3, -0.25) is 0 Å². The number of hydrogen-bond acceptors (Lipinski definition) is 12. The van der Waals surface area contributed by atoms with E-state index < -0.39 is 61.9 Å². The maximum atomic E-state index is 10.1. The second kappa shape index (κ2) is 8.04. The van der Waals surface area contributed by atoms with Gasteiger partial charge in [0.05, 0.1) is 13.2 Å². The van der Waals surface area contributed by atoms with Crippen molar-refractivity contribution in [3.8, 4) is 0 Å². The first-order valence-electron chi connectivity index (χ1n) is 7.83. The molecule has 0 amide bonds. The molecule has 0 aliphatic carbocycles. The third-order valence-corrected chi connectivity index (χ3v) is 7.83. The zero-order valence-electron chi connectivity index (χ0n) is 14.0. The lowest BCUT2D eigenvalue weighted by Gasteiger charge is -2.32. The molecule has 26 heavy (non-hydrogen) atoms. The molecule has 148 valence electrons. The zero-order valence-corrected chi connectivity index (χ0v) is 17.4. The van der Waals surface area contributed by atoms with Crippen LogP contribution in [0, 0.1) is 0 Å². The third-order valence-electron chi connectivity index (χ3n) is 4.19. The Morgan fingerprint density at radius 1 is 0.731 bits per heavy atom. The van der Waals surface area contributed by atoms with E-state index in [2.05, 4.69) is 0 Å². The van der Waals surface area contributed by atoms with Gasteiger partial charge in [0.1, 0.15) is 49.4 Å². The topological polar surface area (TPSA) is 136 Å². The number of hydrogen-bond donors (Lipinski definition) is 4. The molecule has 0 aromatic carbocycles. The van der Waals surface area contributed by atoms with E-state index in [0.29, 0.717) is 0 Å². The van der Waals surface area contributed by atoms with E-state index in [1.807, 2.05) is 0 Å². The van der Waals surface area contributed by atoms with Crippen LogP contribution in [-0.4, -0.2) is 98.0 Å². The molecular weight excluding hydrogens is 428 g/mol. The summed E-state index contributed by atoms with van der Waals surface area (Å²) in [5, 5.41) is 39.7. The highest BCUT2D eigenvalue weighted by atomic mass is 32.5. The van der Waals surface area contributed by atoms with Gasteiger partial charge in [0.15, 0.2) is 12.6 Å². The van der Waals surface area contributed by atoms with Crippen LogP contribution in [0.15, 0.2) is 0 Å². The summed E-state index contributed by atoms with van der Waals surface area (Å²) in [4.78, 5) is 0. The number of aliphatic hydroxyl groups excluding tert-OH is 4. The molecule has 4 N–H and O–H groups in total. The smallest absolute Gasteiger partial charge is 0.214 e. The summed E-state index contributed by atoms with van der Waals surface area (Å²) in [7, 11) is 3.09. The SMILES string of the molecule is BP1(=S)OCC2OC(O)C(O)C2OP(B)(=S)OCC2OC(O)C(O)C2O1. The van der Waals surface area contributed by atoms with Gasteiger partial charge in [0.25, 0.3) is 0 Å². The molecule has 0 aromatic rings. The minimum absolute atomic E-state index is 0.126. The Morgan fingerprint density at radius 2 is 1.08 bits per heavy atom. The van der Waals surface area contributed by atoms with Gasteiger partial charge in [-0.1, -0.05) is 0 Å². The second-order valence-electron chi connectivity index (χ2n) is 6.39. The molecule has 3 heterocycles. The molecule has 0 spiro atoms. The van der Waals surface area contributed by atoms with Crippen LogP contribution in [0.3, 0.4) is 0 Å². The normalized spacial score (nSPS) is 56.2. The molecular formula is C10H20B2O10P2S2. The molecule has 10 atom stereocenters. The van der Waals surface area contributed by atoms with Gasteiger partial charge in [0, 0.05) is 0 Å². The average molecular weight is 448 g/mol. The van der Waals surface area contributed by atoms with Gasteiger partial charge in [-0.05, 0) is 23.6 Å². The van der Waals surface area contributed by atoms with Gasteiger partial charge in [-0.15, -0.1) is 0 Å². The molecule has 0 bridgehead atoms. The highest BCUT2D eigenvalue weighted by Gasteiger charge is 2.49. The molecule has 16 heteroatoms. The van der Waals surface area contributed by atoms with Crippen molar-refractivity contribution in [1.29, 1.82) is 0 Å². The van der Waals surface area contributed by atoms with Gasteiger partial charge >= 0.3 is 0 Å². The van der Waals surface area contributed by atoms with Crippen LogP contribution in [0.2, 0.25) is 0 Å². The number of fused-ring (bicyclic) bond motifs is 2. The van der Waals surface area contributed by atoms with E-state index in [1.165, 1.54) is 0 Å². The lowest BCUT2D eigenvalue weighted by molar-refractivity contribution is -0.132. The highest BCUT2D eigenvalue weighted by molar-refractivity contribution is 8.21. The summed E-state index contributed by atoms with van der Waals surface area (Å²) >= 11 is 10.7. The van der Waals surface area contributed by atoms with Crippen LogP contribution in [0.25, 0.3) is 0 Å². The van der Waals surface area contributed by atoms with Crippen LogP contribution in [0.1, 0.15) is 0 Å². The minimum Gasteiger partial charge on any atom is -0.385 e. The van der Waals surface area contributed by atoms with Crippen molar-refractivity contribution < 1.29 is 48.0 Å². The molecule has 0 radical (unpaired) electrons. The van der Waals surface area contributed by atoms with Gasteiger partial charge in [0.2, 0.25) is 15.1 Å². The van der Waals surface area contributed by atoms with Gasteiger partial charge < -0.3 is 48.0 Å². The predicted molar refractivity (Wildman–Crippen MR) is 101 cm³/mol. The fourth-order valence-electron chi connectivity index (χ4n) is 2.89. The van der Waals surface area contributed by atoms with Crippen LogP contribution in [-0.2, 0) is 51.2 Å².